The monoisotopic (exact) mass is 272 g/mol. The van der Waals surface area contributed by atoms with E-state index in [-0.39, 0.29) is 22.7 Å². The van der Waals surface area contributed by atoms with E-state index >= 15 is 0 Å². The van der Waals surface area contributed by atoms with Crippen LogP contribution in [0.3, 0.4) is 0 Å². The fraction of sp³-hybridized carbons (Fsp3) is 0.800. The Kier molecular flexibility index (Phi) is 7.69. The Balaban J connectivity index is 4.25. The van der Waals surface area contributed by atoms with Gasteiger partial charge in [-0.1, -0.05) is 39.3 Å². The summed E-state index contributed by atoms with van der Waals surface area (Å²) in [4.78, 5) is 11.8. The summed E-state index contributed by atoms with van der Waals surface area (Å²) in [5, 5.41) is 0. The predicted molar refractivity (Wildman–Crippen MR) is 80.8 cm³/mol. The maximum absolute atomic E-state index is 11.8. The lowest BCUT2D eigenvalue weighted by molar-refractivity contribution is -0.146. The highest BCUT2D eigenvalue weighted by Gasteiger charge is 2.21. The van der Waals surface area contributed by atoms with Crippen molar-refractivity contribution in [3.05, 3.63) is 11.6 Å². The fourth-order valence-corrected chi connectivity index (χ4v) is 2.49. The van der Waals surface area contributed by atoms with Gasteiger partial charge in [-0.3, -0.25) is 4.79 Å². The van der Waals surface area contributed by atoms with Crippen LogP contribution < -0.4 is 0 Å². The Labute approximate surface area is 118 Å². The van der Waals surface area contributed by atoms with Gasteiger partial charge in [-0.15, -0.1) is 12.6 Å². The second kappa shape index (κ2) is 7.88. The molecule has 0 rings (SSSR count). The lowest BCUT2D eigenvalue weighted by Gasteiger charge is -2.23. The SMILES string of the molecule is C/C=C(/C)[C@@H](CC)CC(=O)OC(S)CC(C)(C)C. The quantitative estimate of drug-likeness (QED) is 0.331. The van der Waals surface area contributed by atoms with Gasteiger partial charge in [-0.05, 0) is 38.0 Å². The molecule has 0 aliphatic carbocycles. The Morgan fingerprint density at radius 3 is 2.33 bits per heavy atom. The Bertz CT molecular complexity index is 289. The zero-order chi connectivity index (χ0) is 14.3. The molecule has 0 radical (unpaired) electrons. The highest BCUT2D eigenvalue weighted by Crippen LogP contribution is 2.25. The van der Waals surface area contributed by atoms with Crippen LogP contribution in [-0.2, 0) is 9.53 Å². The van der Waals surface area contributed by atoms with E-state index in [4.69, 9.17) is 4.74 Å². The van der Waals surface area contributed by atoms with Gasteiger partial charge < -0.3 is 4.74 Å². The molecule has 0 heterocycles. The van der Waals surface area contributed by atoms with Gasteiger partial charge in [0.2, 0.25) is 0 Å². The topological polar surface area (TPSA) is 26.3 Å². The van der Waals surface area contributed by atoms with Crippen LogP contribution in [0, 0.1) is 11.3 Å². The highest BCUT2D eigenvalue weighted by atomic mass is 32.1. The highest BCUT2D eigenvalue weighted by molar-refractivity contribution is 7.80. The molecule has 0 fully saturated rings. The molecule has 18 heavy (non-hydrogen) atoms. The molecular weight excluding hydrogens is 244 g/mol. The van der Waals surface area contributed by atoms with Gasteiger partial charge >= 0.3 is 5.97 Å². The van der Waals surface area contributed by atoms with E-state index in [0.29, 0.717) is 6.42 Å². The number of hydrogen-bond acceptors (Lipinski definition) is 3. The first-order chi connectivity index (χ1) is 8.19. The molecule has 0 bridgehead atoms. The third kappa shape index (κ3) is 7.80. The van der Waals surface area contributed by atoms with Gasteiger partial charge in [0.05, 0.1) is 6.42 Å². The minimum absolute atomic E-state index is 0.121. The number of carbonyl (C=O) groups excluding carboxylic acids is 1. The number of carbonyl (C=O) groups is 1. The van der Waals surface area contributed by atoms with E-state index in [1.54, 1.807) is 0 Å². The average molecular weight is 272 g/mol. The number of hydrogen-bond donors (Lipinski definition) is 1. The number of thiol groups is 1. The van der Waals surface area contributed by atoms with Crippen molar-refractivity contribution in [2.75, 3.05) is 0 Å². The average Bonchev–Trinajstić information content (AvgIpc) is 2.21. The zero-order valence-corrected chi connectivity index (χ0v) is 13.5. The van der Waals surface area contributed by atoms with Crippen LogP contribution in [-0.4, -0.2) is 11.4 Å². The molecular formula is C15H28O2S. The zero-order valence-electron chi connectivity index (χ0n) is 12.6. The Morgan fingerprint density at radius 2 is 1.94 bits per heavy atom. The van der Waals surface area contributed by atoms with Gasteiger partial charge in [-0.25, -0.2) is 0 Å². The molecule has 0 saturated heterocycles. The number of esters is 1. The van der Waals surface area contributed by atoms with E-state index in [9.17, 15) is 4.79 Å². The second-order valence-electron chi connectivity index (χ2n) is 6.05. The minimum Gasteiger partial charge on any atom is -0.451 e. The van der Waals surface area contributed by atoms with Crippen LogP contribution in [0.5, 0.6) is 0 Å². The van der Waals surface area contributed by atoms with Crippen LogP contribution in [0.2, 0.25) is 0 Å². The maximum Gasteiger partial charge on any atom is 0.307 e. The smallest absolute Gasteiger partial charge is 0.307 e. The summed E-state index contributed by atoms with van der Waals surface area (Å²) < 4.78 is 5.35. The van der Waals surface area contributed by atoms with Crippen molar-refractivity contribution < 1.29 is 9.53 Å². The standard InChI is InChI=1S/C15H28O2S/c1-7-11(3)12(8-2)9-13(16)17-14(18)10-15(4,5)6/h7,12,14,18H,8-10H2,1-6H3/b11-7-/t12-,14?/m0/s1. The Hall–Kier alpha value is -0.440. The fourth-order valence-electron chi connectivity index (χ4n) is 1.83. The Morgan fingerprint density at radius 1 is 1.39 bits per heavy atom. The predicted octanol–water partition coefficient (Wildman–Crippen LogP) is 4.60. The normalized spacial score (nSPS) is 16.3. The first-order valence-electron chi connectivity index (χ1n) is 6.70. The molecule has 0 saturated carbocycles. The molecule has 106 valence electrons. The number of allylic oxidation sites excluding steroid dienone is 2. The van der Waals surface area contributed by atoms with Crippen molar-refractivity contribution in [1.82, 2.24) is 0 Å². The van der Waals surface area contributed by atoms with Crippen molar-refractivity contribution in [3.63, 3.8) is 0 Å². The summed E-state index contributed by atoms with van der Waals surface area (Å²) in [6.07, 6.45) is 4.24. The van der Waals surface area contributed by atoms with E-state index in [0.717, 1.165) is 12.8 Å². The van der Waals surface area contributed by atoms with Gasteiger partial charge in [0.25, 0.3) is 0 Å². The number of rotatable bonds is 6. The molecule has 2 nitrogen and oxygen atoms in total. The van der Waals surface area contributed by atoms with Crippen molar-refractivity contribution in [3.8, 4) is 0 Å². The summed E-state index contributed by atoms with van der Waals surface area (Å²) in [6, 6.07) is 0. The molecule has 0 spiro atoms. The summed E-state index contributed by atoms with van der Waals surface area (Å²) in [6.45, 7) is 12.5. The largest absolute Gasteiger partial charge is 0.451 e. The van der Waals surface area contributed by atoms with Crippen LogP contribution in [0.1, 0.15) is 60.8 Å². The van der Waals surface area contributed by atoms with Crippen molar-refractivity contribution in [2.24, 2.45) is 11.3 Å². The van der Waals surface area contributed by atoms with E-state index in [1.165, 1.54) is 5.57 Å². The van der Waals surface area contributed by atoms with Crippen LogP contribution in [0.4, 0.5) is 0 Å². The summed E-state index contributed by atoms with van der Waals surface area (Å²) in [5.41, 5.74) is 1.07. The van der Waals surface area contributed by atoms with E-state index < -0.39 is 0 Å². The van der Waals surface area contributed by atoms with Crippen LogP contribution >= 0.6 is 12.6 Å². The summed E-state index contributed by atoms with van der Waals surface area (Å²) in [7, 11) is 0. The van der Waals surface area contributed by atoms with Crippen molar-refractivity contribution in [2.45, 2.75) is 66.2 Å². The van der Waals surface area contributed by atoms with Crippen LogP contribution in [0.25, 0.3) is 0 Å². The molecule has 0 aromatic heterocycles. The molecule has 0 aliphatic rings. The van der Waals surface area contributed by atoms with Gasteiger partial charge in [0.15, 0.2) is 0 Å². The van der Waals surface area contributed by atoms with Gasteiger partial charge in [0, 0.05) is 0 Å². The first kappa shape index (κ1) is 17.6. The molecule has 0 aromatic rings. The third-order valence-electron chi connectivity index (χ3n) is 3.06. The molecule has 0 aliphatic heterocycles. The lowest BCUT2D eigenvalue weighted by atomic mass is 9.92. The van der Waals surface area contributed by atoms with Crippen LogP contribution in [0.15, 0.2) is 11.6 Å². The third-order valence-corrected chi connectivity index (χ3v) is 3.35. The second-order valence-corrected chi connectivity index (χ2v) is 6.63. The van der Waals surface area contributed by atoms with Crippen molar-refractivity contribution in [1.29, 1.82) is 0 Å². The van der Waals surface area contributed by atoms with Gasteiger partial charge in [-0.2, -0.15) is 0 Å². The summed E-state index contributed by atoms with van der Waals surface area (Å²) in [5.74, 6) is 0.143. The molecule has 1 unspecified atom stereocenters. The lowest BCUT2D eigenvalue weighted by Crippen LogP contribution is -2.21. The molecule has 0 aromatic carbocycles. The van der Waals surface area contributed by atoms with Gasteiger partial charge in [0.1, 0.15) is 5.44 Å². The van der Waals surface area contributed by atoms with E-state index in [1.807, 2.05) is 6.92 Å². The molecule has 3 heteroatoms. The molecule has 0 amide bonds. The first-order valence-corrected chi connectivity index (χ1v) is 7.21. The number of ether oxygens (including phenoxy) is 1. The summed E-state index contributed by atoms with van der Waals surface area (Å²) >= 11 is 4.33. The molecule has 2 atom stereocenters. The van der Waals surface area contributed by atoms with Crippen molar-refractivity contribution >= 4 is 18.6 Å². The molecule has 0 N–H and O–H groups in total. The minimum atomic E-state index is -0.305. The van der Waals surface area contributed by atoms with E-state index in [2.05, 4.69) is 53.3 Å². The maximum atomic E-state index is 11.8.